The van der Waals surface area contributed by atoms with Crippen LogP contribution >= 0.6 is 0 Å². The van der Waals surface area contributed by atoms with Crippen LogP contribution in [-0.2, 0) is 24.0 Å². The number of imide groups is 1. The fraction of sp³-hybridized carbons (Fsp3) is 0.650. The topological polar surface area (TPSA) is 101 Å². The van der Waals surface area contributed by atoms with Crippen molar-refractivity contribution in [2.45, 2.75) is 65.8 Å². The summed E-state index contributed by atoms with van der Waals surface area (Å²) in [6.45, 7) is 7.24. The van der Waals surface area contributed by atoms with E-state index in [-0.39, 0.29) is 54.0 Å². The van der Waals surface area contributed by atoms with Crippen molar-refractivity contribution in [3.8, 4) is 0 Å². The summed E-state index contributed by atoms with van der Waals surface area (Å²) in [4.78, 5) is 59.9. The number of nitrogens with one attached hydrogen (secondary N) is 1. The van der Waals surface area contributed by atoms with E-state index in [1.54, 1.807) is 6.92 Å². The molecule has 1 aliphatic heterocycles. The number of unbranched alkanes of at least 4 members (excludes halogenated alkanes) is 2. The highest BCUT2D eigenvalue weighted by atomic mass is 16.2. The van der Waals surface area contributed by atoms with Crippen molar-refractivity contribution in [1.82, 2.24) is 10.2 Å². The normalized spacial score (nSPS) is 16.0. The smallest absolute Gasteiger partial charge is 0.253 e. The number of hydrogen-bond donors (Lipinski definition) is 1. The van der Waals surface area contributed by atoms with Gasteiger partial charge in [-0.05, 0) is 25.7 Å². The Labute approximate surface area is 160 Å². The van der Waals surface area contributed by atoms with Crippen LogP contribution in [0.4, 0.5) is 0 Å². The first-order chi connectivity index (χ1) is 12.6. The van der Waals surface area contributed by atoms with E-state index in [0.29, 0.717) is 25.8 Å². The Balaban J connectivity index is 2.33. The minimum atomic E-state index is -0.592. The summed E-state index contributed by atoms with van der Waals surface area (Å²) in [6.07, 6.45) is 4.86. The molecule has 0 fully saturated rings. The quantitative estimate of drug-likeness (QED) is 0.412. The van der Waals surface area contributed by atoms with E-state index in [1.165, 1.54) is 24.0 Å². The van der Waals surface area contributed by atoms with Gasteiger partial charge in [-0.15, -0.1) is 0 Å². The Hall–Kier alpha value is -2.31. The Morgan fingerprint density at radius 1 is 1.00 bits per heavy atom. The molecular weight excluding hydrogens is 348 g/mol. The molecule has 0 spiro atoms. The molecule has 1 aliphatic rings. The summed E-state index contributed by atoms with van der Waals surface area (Å²) in [5, 5.41) is 2.78. The van der Waals surface area contributed by atoms with Crippen LogP contribution in [-0.4, -0.2) is 46.8 Å². The third kappa shape index (κ3) is 7.45. The zero-order valence-electron chi connectivity index (χ0n) is 16.6. The Morgan fingerprint density at radius 2 is 1.59 bits per heavy atom. The summed E-state index contributed by atoms with van der Waals surface area (Å²) < 4.78 is 0. The molecule has 150 valence electrons. The Bertz CT molecular complexity index is 606. The van der Waals surface area contributed by atoms with Crippen LogP contribution in [0.3, 0.4) is 0 Å². The summed E-state index contributed by atoms with van der Waals surface area (Å²) >= 11 is 0. The van der Waals surface area contributed by atoms with E-state index in [9.17, 15) is 24.0 Å². The van der Waals surface area contributed by atoms with Gasteiger partial charge < -0.3 is 5.32 Å². The largest absolute Gasteiger partial charge is 0.346 e. The second kappa shape index (κ2) is 10.7. The molecule has 0 saturated heterocycles. The number of carbonyl (C=O) groups excluding carboxylic acids is 5. The SMILES string of the molecule is CC(=O)[C@H](C)CC(=O)[C@@H](NC(=O)CCCCCN1C(=O)C=CC1=O)C(C)C. The van der Waals surface area contributed by atoms with Crippen LogP contribution < -0.4 is 5.32 Å². The number of amides is 3. The Kier molecular flexibility index (Phi) is 9.05. The highest BCUT2D eigenvalue weighted by Crippen LogP contribution is 2.12. The van der Waals surface area contributed by atoms with Gasteiger partial charge in [0.2, 0.25) is 5.91 Å². The van der Waals surface area contributed by atoms with Crippen molar-refractivity contribution in [3.05, 3.63) is 12.2 Å². The van der Waals surface area contributed by atoms with Gasteiger partial charge in [0.05, 0.1) is 6.04 Å². The number of ketones is 2. The number of rotatable bonds is 12. The van der Waals surface area contributed by atoms with Gasteiger partial charge in [-0.1, -0.05) is 27.2 Å². The van der Waals surface area contributed by atoms with Gasteiger partial charge in [0.25, 0.3) is 11.8 Å². The lowest BCUT2D eigenvalue weighted by atomic mass is 9.91. The second-order valence-corrected chi connectivity index (χ2v) is 7.44. The van der Waals surface area contributed by atoms with Crippen LogP contribution in [0, 0.1) is 11.8 Å². The van der Waals surface area contributed by atoms with E-state index in [1.807, 2.05) is 13.8 Å². The minimum Gasteiger partial charge on any atom is -0.346 e. The lowest BCUT2D eigenvalue weighted by Crippen LogP contribution is -2.45. The predicted molar refractivity (Wildman–Crippen MR) is 101 cm³/mol. The van der Waals surface area contributed by atoms with Gasteiger partial charge in [-0.3, -0.25) is 28.9 Å². The third-order valence-electron chi connectivity index (χ3n) is 4.72. The number of carbonyl (C=O) groups is 5. The molecule has 0 radical (unpaired) electrons. The van der Waals surface area contributed by atoms with E-state index in [0.717, 1.165) is 0 Å². The van der Waals surface area contributed by atoms with Crippen molar-refractivity contribution >= 4 is 29.3 Å². The number of nitrogens with zero attached hydrogens (tertiary/aromatic N) is 1. The molecule has 2 atom stereocenters. The molecule has 0 aliphatic carbocycles. The molecule has 1 heterocycles. The number of hydrogen-bond acceptors (Lipinski definition) is 5. The molecule has 0 unspecified atom stereocenters. The standard InChI is InChI=1S/C20H30N2O5/c1-13(2)20(16(24)12-14(3)15(4)23)21-17(25)8-6-5-7-11-22-18(26)9-10-19(22)27/h9-10,13-14,20H,5-8,11-12H2,1-4H3,(H,21,25)/t14-,20+/m1/s1. The molecule has 0 bridgehead atoms. The van der Waals surface area contributed by atoms with E-state index in [2.05, 4.69) is 5.32 Å². The molecule has 1 rings (SSSR count). The first-order valence-electron chi connectivity index (χ1n) is 9.49. The summed E-state index contributed by atoms with van der Waals surface area (Å²) in [5.74, 6) is -1.36. The summed E-state index contributed by atoms with van der Waals surface area (Å²) in [5.41, 5.74) is 0. The molecular formula is C20H30N2O5. The van der Waals surface area contributed by atoms with Crippen molar-refractivity contribution < 1.29 is 24.0 Å². The van der Waals surface area contributed by atoms with Crippen LogP contribution in [0.1, 0.15) is 59.8 Å². The van der Waals surface area contributed by atoms with Gasteiger partial charge in [0.15, 0.2) is 5.78 Å². The predicted octanol–water partition coefficient (Wildman–Crippen LogP) is 1.80. The molecule has 7 nitrogen and oxygen atoms in total. The van der Waals surface area contributed by atoms with Crippen molar-refractivity contribution in [3.63, 3.8) is 0 Å². The maximum Gasteiger partial charge on any atom is 0.253 e. The van der Waals surface area contributed by atoms with E-state index < -0.39 is 6.04 Å². The molecule has 27 heavy (non-hydrogen) atoms. The van der Waals surface area contributed by atoms with E-state index >= 15 is 0 Å². The zero-order valence-corrected chi connectivity index (χ0v) is 16.6. The lowest BCUT2D eigenvalue weighted by Gasteiger charge is -2.22. The van der Waals surface area contributed by atoms with Gasteiger partial charge in [-0.25, -0.2) is 0 Å². The van der Waals surface area contributed by atoms with Crippen LogP contribution in [0.25, 0.3) is 0 Å². The minimum absolute atomic E-state index is 0.0395. The molecule has 0 saturated carbocycles. The molecule has 1 N–H and O–H groups in total. The molecule has 3 amide bonds. The van der Waals surface area contributed by atoms with Crippen LogP contribution in [0.5, 0.6) is 0 Å². The fourth-order valence-corrected chi connectivity index (χ4v) is 2.82. The molecule has 0 aromatic carbocycles. The average molecular weight is 378 g/mol. The molecule has 0 aromatic rings. The van der Waals surface area contributed by atoms with Gasteiger partial charge in [0.1, 0.15) is 5.78 Å². The van der Waals surface area contributed by atoms with Crippen LogP contribution in [0.15, 0.2) is 12.2 Å². The third-order valence-corrected chi connectivity index (χ3v) is 4.72. The fourth-order valence-electron chi connectivity index (χ4n) is 2.82. The average Bonchev–Trinajstić information content (AvgIpc) is 2.90. The first-order valence-corrected chi connectivity index (χ1v) is 9.49. The van der Waals surface area contributed by atoms with Crippen molar-refractivity contribution in [2.75, 3.05) is 6.54 Å². The Morgan fingerprint density at radius 3 is 2.11 bits per heavy atom. The molecule has 7 heteroatoms. The monoisotopic (exact) mass is 378 g/mol. The van der Waals surface area contributed by atoms with Crippen LogP contribution in [0.2, 0.25) is 0 Å². The zero-order chi connectivity index (χ0) is 20.6. The van der Waals surface area contributed by atoms with Gasteiger partial charge in [0, 0.05) is 37.5 Å². The second-order valence-electron chi connectivity index (χ2n) is 7.44. The first kappa shape index (κ1) is 22.7. The van der Waals surface area contributed by atoms with Gasteiger partial charge in [-0.2, -0.15) is 0 Å². The van der Waals surface area contributed by atoms with Crippen molar-refractivity contribution in [1.29, 1.82) is 0 Å². The highest BCUT2D eigenvalue weighted by molar-refractivity contribution is 6.12. The lowest BCUT2D eigenvalue weighted by molar-refractivity contribution is -0.137. The summed E-state index contributed by atoms with van der Waals surface area (Å²) in [6, 6.07) is -0.592. The van der Waals surface area contributed by atoms with Crippen molar-refractivity contribution in [2.24, 2.45) is 11.8 Å². The molecule has 0 aromatic heterocycles. The van der Waals surface area contributed by atoms with Gasteiger partial charge >= 0.3 is 0 Å². The maximum atomic E-state index is 12.4. The summed E-state index contributed by atoms with van der Waals surface area (Å²) in [7, 11) is 0. The number of Topliss-reactive ketones (excluding diaryl/α,β-unsaturated/α-hetero) is 2. The maximum absolute atomic E-state index is 12.4. The highest BCUT2D eigenvalue weighted by Gasteiger charge is 2.26. The van der Waals surface area contributed by atoms with E-state index in [4.69, 9.17) is 0 Å².